The van der Waals surface area contributed by atoms with Crippen molar-refractivity contribution in [1.29, 1.82) is 0 Å². The molecule has 1 atom stereocenters. The molecule has 0 bridgehead atoms. The zero-order valence-electron chi connectivity index (χ0n) is 17.4. The van der Waals surface area contributed by atoms with Crippen molar-refractivity contribution < 1.29 is 14.3 Å². The van der Waals surface area contributed by atoms with E-state index >= 15 is 0 Å². The largest absolute Gasteiger partial charge is 0.444 e. The van der Waals surface area contributed by atoms with Crippen LogP contribution in [0.15, 0.2) is 24.3 Å². The van der Waals surface area contributed by atoms with E-state index in [9.17, 15) is 9.59 Å². The molecule has 0 saturated heterocycles. The van der Waals surface area contributed by atoms with E-state index in [1.807, 2.05) is 20.8 Å². The smallest absolute Gasteiger partial charge is 0.408 e. The number of benzene rings is 1. The number of aryl methyl sites for hydroxylation is 1. The van der Waals surface area contributed by atoms with Crippen LogP contribution in [-0.2, 0) is 22.5 Å². The van der Waals surface area contributed by atoms with Gasteiger partial charge in [0.05, 0.1) is 12.6 Å². The lowest BCUT2D eigenvalue weighted by molar-refractivity contribution is -0.122. The van der Waals surface area contributed by atoms with Gasteiger partial charge in [0.2, 0.25) is 0 Å². The van der Waals surface area contributed by atoms with Crippen LogP contribution in [0.3, 0.4) is 0 Å². The summed E-state index contributed by atoms with van der Waals surface area (Å²) in [6.45, 7) is 11.6. The SMILES string of the molecule is CC(C)C[C@H](NC(=O)OC(C)(C)C)C(=O)CN1CCCc2ccccc2C1. The first-order valence-electron chi connectivity index (χ1n) is 9.95. The fourth-order valence-corrected chi connectivity index (χ4v) is 3.43. The molecule has 5 heteroatoms. The van der Waals surface area contributed by atoms with E-state index in [1.54, 1.807) is 0 Å². The van der Waals surface area contributed by atoms with Gasteiger partial charge in [-0.05, 0) is 63.6 Å². The van der Waals surface area contributed by atoms with Gasteiger partial charge in [0, 0.05) is 6.54 Å². The fraction of sp³-hybridized carbons (Fsp3) is 0.636. The van der Waals surface area contributed by atoms with Crippen molar-refractivity contribution >= 4 is 11.9 Å². The lowest BCUT2D eigenvalue weighted by Gasteiger charge is -2.26. The Labute approximate surface area is 163 Å². The van der Waals surface area contributed by atoms with E-state index in [2.05, 4.69) is 48.3 Å². The van der Waals surface area contributed by atoms with Crippen LogP contribution in [0, 0.1) is 5.92 Å². The number of fused-ring (bicyclic) bond motifs is 1. The predicted molar refractivity (Wildman–Crippen MR) is 108 cm³/mol. The third-order valence-electron chi connectivity index (χ3n) is 4.60. The molecule has 1 amide bonds. The molecule has 0 radical (unpaired) electrons. The van der Waals surface area contributed by atoms with Crippen LogP contribution in [-0.4, -0.2) is 41.5 Å². The van der Waals surface area contributed by atoms with Gasteiger partial charge in [0.25, 0.3) is 0 Å². The van der Waals surface area contributed by atoms with E-state index < -0.39 is 17.7 Å². The fourth-order valence-electron chi connectivity index (χ4n) is 3.43. The van der Waals surface area contributed by atoms with Crippen molar-refractivity contribution in [3.8, 4) is 0 Å². The van der Waals surface area contributed by atoms with Crippen molar-refractivity contribution in [2.45, 2.75) is 72.1 Å². The Morgan fingerprint density at radius 2 is 1.85 bits per heavy atom. The molecule has 27 heavy (non-hydrogen) atoms. The number of alkyl carbamates (subject to hydrolysis) is 1. The lowest BCUT2D eigenvalue weighted by atomic mass is 10.00. The molecule has 0 fully saturated rings. The summed E-state index contributed by atoms with van der Waals surface area (Å²) in [5.41, 5.74) is 2.09. The van der Waals surface area contributed by atoms with Crippen LogP contribution < -0.4 is 5.32 Å². The van der Waals surface area contributed by atoms with E-state index in [1.165, 1.54) is 11.1 Å². The number of carbonyl (C=O) groups excluding carboxylic acids is 2. The third kappa shape index (κ3) is 7.33. The Bertz CT molecular complexity index is 649. The second-order valence-corrected chi connectivity index (χ2v) is 8.88. The normalized spacial score (nSPS) is 16.4. The second-order valence-electron chi connectivity index (χ2n) is 8.88. The molecule has 1 N–H and O–H groups in total. The van der Waals surface area contributed by atoms with E-state index in [0.717, 1.165) is 25.9 Å². The molecule has 1 aromatic rings. The van der Waals surface area contributed by atoms with Crippen molar-refractivity contribution in [2.75, 3.05) is 13.1 Å². The number of amides is 1. The Hall–Kier alpha value is -1.88. The number of ketones is 1. The Kier molecular flexibility index (Phi) is 7.42. The van der Waals surface area contributed by atoms with Gasteiger partial charge in [-0.3, -0.25) is 9.69 Å². The summed E-state index contributed by atoms with van der Waals surface area (Å²) >= 11 is 0. The first kappa shape index (κ1) is 21.4. The molecule has 150 valence electrons. The Morgan fingerprint density at radius 1 is 1.19 bits per heavy atom. The summed E-state index contributed by atoms with van der Waals surface area (Å²) < 4.78 is 5.34. The molecule has 1 aliphatic heterocycles. The number of nitrogens with one attached hydrogen (secondary N) is 1. The quantitative estimate of drug-likeness (QED) is 0.819. The highest BCUT2D eigenvalue weighted by atomic mass is 16.6. The van der Waals surface area contributed by atoms with E-state index in [4.69, 9.17) is 4.74 Å². The standard InChI is InChI=1S/C22H34N2O3/c1-16(2)13-19(23-21(26)27-22(3,4)5)20(25)15-24-12-8-11-17-9-6-7-10-18(17)14-24/h6-7,9-10,16,19H,8,11-15H2,1-5H3,(H,23,26)/t19-/m0/s1. The van der Waals surface area contributed by atoms with Crippen LogP contribution in [0.2, 0.25) is 0 Å². The lowest BCUT2D eigenvalue weighted by Crippen LogP contribution is -2.47. The molecule has 0 saturated carbocycles. The minimum absolute atomic E-state index is 0.0499. The molecule has 1 heterocycles. The number of nitrogens with zero attached hydrogens (tertiary/aromatic N) is 1. The van der Waals surface area contributed by atoms with Gasteiger partial charge >= 0.3 is 6.09 Å². The maximum absolute atomic E-state index is 13.0. The van der Waals surface area contributed by atoms with Crippen LogP contribution in [0.1, 0.15) is 58.6 Å². The van der Waals surface area contributed by atoms with Crippen molar-refractivity contribution in [3.05, 3.63) is 35.4 Å². The van der Waals surface area contributed by atoms with Gasteiger partial charge in [-0.15, -0.1) is 0 Å². The van der Waals surface area contributed by atoms with Gasteiger partial charge in [0.1, 0.15) is 5.60 Å². The monoisotopic (exact) mass is 374 g/mol. The van der Waals surface area contributed by atoms with Gasteiger partial charge < -0.3 is 10.1 Å². The first-order chi connectivity index (χ1) is 12.6. The molecular formula is C22H34N2O3. The average molecular weight is 375 g/mol. The Morgan fingerprint density at radius 3 is 2.48 bits per heavy atom. The zero-order valence-corrected chi connectivity index (χ0v) is 17.4. The zero-order chi connectivity index (χ0) is 20.0. The summed E-state index contributed by atoms with van der Waals surface area (Å²) in [4.78, 5) is 27.3. The van der Waals surface area contributed by atoms with Crippen LogP contribution in [0.25, 0.3) is 0 Å². The molecule has 5 nitrogen and oxygen atoms in total. The molecule has 1 aliphatic rings. The highest BCUT2D eigenvalue weighted by Gasteiger charge is 2.27. The summed E-state index contributed by atoms with van der Waals surface area (Å²) in [6.07, 6.45) is 2.18. The first-order valence-corrected chi connectivity index (χ1v) is 9.95. The van der Waals surface area contributed by atoms with E-state index in [0.29, 0.717) is 18.9 Å². The molecular weight excluding hydrogens is 340 g/mol. The van der Waals surface area contributed by atoms with Gasteiger partial charge in [-0.1, -0.05) is 38.1 Å². The third-order valence-corrected chi connectivity index (χ3v) is 4.60. The number of hydrogen-bond acceptors (Lipinski definition) is 4. The van der Waals surface area contributed by atoms with Crippen LogP contribution >= 0.6 is 0 Å². The maximum atomic E-state index is 13.0. The number of ether oxygens (including phenoxy) is 1. The molecule has 2 rings (SSSR count). The summed E-state index contributed by atoms with van der Waals surface area (Å²) in [7, 11) is 0. The molecule has 0 aliphatic carbocycles. The molecule has 0 spiro atoms. The molecule has 0 unspecified atom stereocenters. The molecule has 0 aromatic heterocycles. The van der Waals surface area contributed by atoms with Crippen molar-refractivity contribution in [1.82, 2.24) is 10.2 Å². The molecule has 1 aromatic carbocycles. The summed E-state index contributed by atoms with van der Waals surface area (Å²) in [5.74, 6) is 0.354. The van der Waals surface area contributed by atoms with Crippen LogP contribution in [0.5, 0.6) is 0 Å². The van der Waals surface area contributed by atoms with Gasteiger partial charge in [0.15, 0.2) is 5.78 Å². The number of carbonyl (C=O) groups is 2. The topological polar surface area (TPSA) is 58.6 Å². The summed E-state index contributed by atoms with van der Waals surface area (Å²) in [5, 5.41) is 2.79. The average Bonchev–Trinajstić information content (AvgIpc) is 2.73. The highest BCUT2D eigenvalue weighted by molar-refractivity contribution is 5.89. The van der Waals surface area contributed by atoms with Crippen molar-refractivity contribution in [3.63, 3.8) is 0 Å². The minimum Gasteiger partial charge on any atom is -0.444 e. The van der Waals surface area contributed by atoms with Gasteiger partial charge in [-0.2, -0.15) is 0 Å². The number of rotatable bonds is 6. The van der Waals surface area contributed by atoms with E-state index in [-0.39, 0.29) is 5.78 Å². The summed E-state index contributed by atoms with van der Waals surface area (Å²) in [6, 6.07) is 7.92. The number of hydrogen-bond donors (Lipinski definition) is 1. The Balaban J connectivity index is 2.01. The second kappa shape index (κ2) is 9.36. The van der Waals surface area contributed by atoms with Gasteiger partial charge in [-0.25, -0.2) is 4.79 Å². The predicted octanol–water partition coefficient (Wildman–Crippen LogP) is 3.94. The highest BCUT2D eigenvalue weighted by Crippen LogP contribution is 2.19. The maximum Gasteiger partial charge on any atom is 0.408 e. The number of Topliss-reactive ketones (excluding diaryl/α,β-unsaturated/α-hetero) is 1. The van der Waals surface area contributed by atoms with Crippen LogP contribution in [0.4, 0.5) is 4.79 Å². The van der Waals surface area contributed by atoms with Crippen molar-refractivity contribution in [2.24, 2.45) is 5.92 Å². The minimum atomic E-state index is -0.579.